The van der Waals surface area contributed by atoms with E-state index in [0.29, 0.717) is 6.42 Å². The van der Waals surface area contributed by atoms with E-state index < -0.39 is 0 Å². The molecule has 1 atom stereocenters. The summed E-state index contributed by atoms with van der Waals surface area (Å²) in [5.41, 5.74) is 4.16. The van der Waals surface area contributed by atoms with Crippen LogP contribution in [0.2, 0.25) is 0 Å². The van der Waals surface area contributed by atoms with Gasteiger partial charge in [0.1, 0.15) is 0 Å². The molecule has 0 saturated carbocycles. The Kier molecular flexibility index (Phi) is 4.55. The van der Waals surface area contributed by atoms with E-state index in [1.807, 2.05) is 27.0 Å². The van der Waals surface area contributed by atoms with E-state index >= 15 is 0 Å². The maximum absolute atomic E-state index is 11.9. The van der Waals surface area contributed by atoms with Gasteiger partial charge in [-0.05, 0) is 39.2 Å². The first kappa shape index (κ1) is 14.3. The van der Waals surface area contributed by atoms with Crippen LogP contribution in [0.5, 0.6) is 0 Å². The molecular weight excluding hydrogens is 254 g/mol. The normalized spacial score (nSPS) is 12.3. The lowest BCUT2D eigenvalue weighted by molar-refractivity contribution is -0.121. The number of H-pyrrole nitrogens is 2. The van der Waals surface area contributed by atoms with Gasteiger partial charge in [-0.15, -0.1) is 0 Å². The second-order valence-electron chi connectivity index (χ2n) is 5.10. The van der Waals surface area contributed by atoms with Crippen molar-refractivity contribution in [2.75, 3.05) is 0 Å². The summed E-state index contributed by atoms with van der Waals surface area (Å²) in [6.45, 7) is 5.90. The molecule has 0 saturated heterocycles. The van der Waals surface area contributed by atoms with E-state index in [9.17, 15) is 4.79 Å². The van der Waals surface area contributed by atoms with Crippen LogP contribution in [0.25, 0.3) is 0 Å². The molecule has 2 heterocycles. The molecule has 2 aromatic rings. The van der Waals surface area contributed by atoms with Gasteiger partial charge in [-0.3, -0.25) is 15.0 Å². The number of carbonyl (C=O) groups is 1. The highest BCUT2D eigenvalue weighted by Gasteiger charge is 2.16. The van der Waals surface area contributed by atoms with E-state index in [1.165, 1.54) is 0 Å². The van der Waals surface area contributed by atoms with Crippen LogP contribution < -0.4 is 5.32 Å². The standard InChI is InChI=1S/C14H21N5O/c1-9(14-10(2)18-19-11(14)3)17-13(20)6-4-5-12-7-15-16-8-12/h7-9H,4-6H2,1-3H3,(H,15,16)(H,17,20)(H,18,19)/t9-/m0/s1. The quantitative estimate of drug-likeness (QED) is 0.753. The smallest absolute Gasteiger partial charge is 0.220 e. The summed E-state index contributed by atoms with van der Waals surface area (Å²) in [7, 11) is 0. The molecular formula is C14H21N5O. The van der Waals surface area contributed by atoms with Gasteiger partial charge in [-0.25, -0.2) is 0 Å². The minimum absolute atomic E-state index is 0.0184. The van der Waals surface area contributed by atoms with Gasteiger partial charge in [-0.1, -0.05) is 0 Å². The molecule has 0 radical (unpaired) electrons. The number of hydrogen-bond donors (Lipinski definition) is 3. The molecule has 6 nitrogen and oxygen atoms in total. The van der Waals surface area contributed by atoms with Crippen molar-refractivity contribution in [3.8, 4) is 0 Å². The van der Waals surface area contributed by atoms with E-state index in [2.05, 4.69) is 25.7 Å². The molecule has 1 amide bonds. The summed E-state index contributed by atoms with van der Waals surface area (Å²) in [6.07, 6.45) is 5.85. The molecule has 20 heavy (non-hydrogen) atoms. The number of rotatable bonds is 6. The predicted octanol–water partition coefficient (Wildman–Crippen LogP) is 1.95. The van der Waals surface area contributed by atoms with Crippen LogP contribution in [0.4, 0.5) is 0 Å². The SMILES string of the molecule is Cc1n[nH]c(C)c1[C@H](C)NC(=O)CCCc1cn[nH]c1. The van der Waals surface area contributed by atoms with Gasteiger partial charge in [0.25, 0.3) is 0 Å². The Bertz CT molecular complexity index is 539. The van der Waals surface area contributed by atoms with Crippen molar-refractivity contribution in [1.82, 2.24) is 25.7 Å². The molecule has 0 bridgehead atoms. The summed E-state index contributed by atoms with van der Waals surface area (Å²) >= 11 is 0. The van der Waals surface area contributed by atoms with Crippen LogP contribution in [0.15, 0.2) is 12.4 Å². The van der Waals surface area contributed by atoms with E-state index in [-0.39, 0.29) is 11.9 Å². The molecule has 0 aliphatic heterocycles. The number of aromatic nitrogens is 4. The number of hydrogen-bond acceptors (Lipinski definition) is 3. The summed E-state index contributed by atoms with van der Waals surface area (Å²) in [4.78, 5) is 11.9. The van der Waals surface area contributed by atoms with Crippen LogP contribution in [0.3, 0.4) is 0 Å². The zero-order chi connectivity index (χ0) is 14.5. The number of aromatic amines is 2. The molecule has 2 aromatic heterocycles. The van der Waals surface area contributed by atoms with Gasteiger partial charge in [0.2, 0.25) is 5.91 Å². The number of amides is 1. The highest BCUT2D eigenvalue weighted by atomic mass is 16.1. The molecule has 0 aliphatic rings. The first-order valence-corrected chi connectivity index (χ1v) is 6.86. The lowest BCUT2D eigenvalue weighted by Crippen LogP contribution is -2.27. The number of nitrogens with zero attached hydrogens (tertiary/aromatic N) is 2. The van der Waals surface area contributed by atoms with Crippen molar-refractivity contribution >= 4 is 5.91 Å². The fraction of sp³-hybridized carbons (Fsp3) is 0.500. The zero-order valence-electron chi connectivity index (χ0n) is 12.2. The van der Waals surface area contributed by atoms with Crippen LogP contribution >= 0.6 is 0 Å². The molecule has 0 spiro atoms. The Labute approximate surface area is 118 Å². The second kappa shape index (κ2) is 6.36. The van der Waals surface area contributed by atoms with Crippen LogP contribution in [-0.4, -0.2) is 26.3 Å². The number of nitrogens with one attached hydrogen (secondary N) is 3. The Balaban J connectivity index is 1.79. The highest BCUT2D eigenvalue weighted by Crippen LogP contribution is 2.19. The van der Waals surface area contributed by atoms with Crippen molar-refractivity contribution in [3.05, 3.63) is 34.9 Å². The lowest BCUT2D eigenvalue weighted by atomic mass is 10.1. The first-order valence-electron chi connectivity index (χ1n) is 6.86. The lowest BCUT2D eigenvalue weighted by Gasteiger charge is -2.14. The second-order valence-corrected chi connectivity index (χ2v) is 5.10. The Morgan fingerprint density at radius 2 is 2.25 bits per heavy atom. The predicted molar refractivity (Wildman–Crippen MR) is 76.1 cm³/mol. The third kappa shape index (κ3) is 3.46. The number of carbonyl (C=O) groups excluding carboxylic acids is 1. The van der Waals surface area contributed by atoms with Gasteiger partial charge < -0.3 is 5.32 Å². The minimum atomic E-state index is -0.0184. The van der Waals surface area contributed by atoms with Crippen molar-refractivity contribution < 1.29 is 4.79 Å². The summed E-state index contributed by atoms with van der Waals surface area (Å²) < 4.78 is 0. The molecule has 0 unspecified atom stereocenters. The third-order valence-corrected chi connectivity index (χ3v) is 3.42. The van der Waals surface area contributed by atoms with Crippen molar-refractivity contribution in [3.63, 3.8) is 0 Å². The molecule has 3 N–H and O–H groups in total. The van der Waals surface area contributed by atoms with Gasteiger partial charge in [0.15, 0.2) is 0 Å². The Morgan fingerprint density at radius 3 is 2.85 bits per heavy atom. The monoisotopic (exact) mass is 275 g/mol. The molecule has 108 valence electrons. The maximum atomic E-state index is 11.9. The van der Waals surface area contributed by atoms with Crippen molar-refractivity contribution in [1.29, 1.82) is 0 Å². The van der Waals surface area contributed by atoms with E-state index in [0.717, 1.165) is 35.4 Å². The zero-order valence-corrected chi connectivity index (χ0v) is 12.2. The number of aryl methyl sites for hydroxylation is 3. The molecule has 0 fully saturated rings. The van der Waals surface area contributed by atoms with Crippen molar-refractivity contribution in [2.45, 2.75) is 46.1 Å². The van der Waals surface area contributed by atoms with E-state index in [1.54, 1.807) is 6.20 Å². The van der Waals surface area contributed by atoms with Gasteiger partial charge in [0, 0.05) is 23.9 Å². The minimum Gasteiger partial charge on any atom is -0.349 e. The fourth-order valence-corrected chi connectivity index (χ4v) is 2.45. The van der Waals surface area contributed by atoms with Gasteiger partial charge in [-0.2, -0.15) is 10.2 Å². The first-order chi connectivity index (χ1) is 9.58. The average Bonchev–Trinajstić information content (AvgIpc) is 2.99. The molecule has 0 aromatic carbocycles. The molecule has 2 rings (SSSR count). The van der Waals surface area contributed by atoms with Crippen LogP contribution in [-0.2, 0) is 11.2 Å². The topological polar surface area (TPSA) is 86.5 Å². The highest BCUT2D eigenvalue weighted by molar-refractivity contribution is 5.76. The van der Waals surface area contributed by atoms with Crippen LogP contribution in [0.1, 0.15) is 48.3 Å². The Morgan fingerprint density at radius 1 is 1.45 bits per heavy atom. The average molecular weight is 275 g/mol. The molecule has 0 aliphatic carbocycles. The third-order valence-electron chi connectivity index (χ3n) is 3.42. The summed E-state index contributed by atoms with van der Waals surface area (Å²) in [5.74, 6) is 0.0704. The fourth-order valence-electron chi connectivity index (χ4n) is 2.45. The van der Waals surface area contributed by atoms with Crippen molar-refractivity contribution in [2.24, 2.45) is 0 Å². The largest absolute Gasteiger partial charge is 0.349 e. The summed E-state index contributed by atoms with van der Waals surface area (Å²) in [6, 6.07) is -0.0184. The maximum Gasteiger partial charge on any atom is 0.220 e. The Hall–Kier alpha value is -2.11. The van der Waals surface area contributed by atoms with Crippen LogP contribution in [0, 0.1) is 13.8 Å². The molecule has 6 heteroatoms. The van der Waals surface area contributed by atoms with Gasteiger partial charge in [0.05, 0.1) is 17.9 Å². The summed E-state index contributed by atoms with van der Waals surface area (Å²) in [5, 5.41) is 16.8. The van der Waals surface area contributed by atoms with Gasteiger partial charge >= 0.3 is 0 Å². The van der Waals surface area contributed by atoms with E-state index in [4.69, 9.17) is 0 Å².